The fourth-order valence-corrected chi connectivity index (χ4v) is 4.61. The Morgan fingerprint density at radius 2 is 2.00 bits per heavy atom. The summed E-state index contributed by atoms with van der Waals surface area (Å²) in [7, 11) is 1.66. The van der Waals surface area contributed by atoms with Gasteiger partial charge in [-0.2, -0.15) is 19.7 Å². The largest absolute Gasteiger partial charge is 0.378 e. The SMILES string of the molecule is COCc1cc(N2CCC(Cn3nc4c(cc3=O)CCCC4)CC2)n2ncnc2n1. The van der Waals surface area contributed by atoms with Crippen molar-refractivity contribution in [3.63, 3.8) is 0 Å². The molecule has 1 aliphatic heterocycles. The van der Waals surface area contributed by atoms with Crippen molar-refractivity contribution in [2.75, 3.05) is 25.1 Å². The zero-order valence-corrected chi connectivity index (χ0v) is 17.3. The van der Waals surface area contributed by atoms with Crippen molar-refractivity contribution >= 4 is 11.6 Å². The summed E-state index contributed by atoms with van der Waals surface area (Å²) < 4.78 is 8.74. The zero-order chi connectivity index (χ0) is 20.5. The van der Waals surface area contributed by atoms with Gasteiger partial charge in [0.1, 0.15) is 12.1 Å². The van der Waals surface area contributed by atoms with Gasteiger partial charge in [0.15, 0.2) is 0 Å². The normalized spacial score (nSPS) is 17.4. The Bertz CT molecular complexity index is 1100. The van der Waals surface area contributed by atoms with E-state index in [0.717, 1.165) is 68.0 Å². The minimum Gasteiger partial charge on any atom is -0.378 e. The summed E-state index contributed by atoms with van der Waals surface area (Å²) in [5, 5.41) is 9.04. The molecule has 0 bridgehead atoms. The molecule has 5 rings (SSSR count). The van der Waals surface area contributed by atoms with Crippen LogP contribution in [-0.4, -0.2) is 49.6 Å². The fourth-order valence-electron chi connectivity index (χ4n) is 4.61. The zero-order valence-electron chi connectivity index (χ0n) is 17.3. The molecule has 1 fully saturated rings. The molecule has 0 spiro atoms. The molecule has 4 heterocycles. The van der Waals surface area contributed by atoms with Gasteiger partial charge in [0.05, 0.1) is 18.0 Å². The average molecular weight is 409 g/mol. The highest BCUT2D eigenvalue weighted by atomic mass is 16.5. The molecule has 3 aromatic rings. The summed E-state index contributed by atoms with van der Waals surface area (Å²) in [6.45, 7) is 2.94. The Hall–Kier alpha value is -2.81. The molecule has 0 saturated carbocycles. The number of anilines is 1. The van der Waals surface area contributed by atoms with Gasteiger partial charge in [-0.05, 0) is 50.0 Å². The lowest BCUT2D eigenvalue weighted by atomic mass is 9.96. The van der Waals surface area contributed by atoms with Gasteiger partial charge in [0, 0.05) is 38.9 Å². The molecule has 0 N–H and O–H groups in total. The van der Waals surface area contributed by atoms with Crippen LogP contribution in [0, 0.1) is 5.92 Å². The summed E-state index contributed by atoms with van der Waals surface area (Å²) in [5.74, 6) is 2.03. The van der Waals surface area contributed by atoms with Gasteiger partial charge in [-0.15, -0.1) is 0 Å². The van der Waals surface area contributed by atoms with Crippen molar-refractivity contribution in [3.05, 3.63) is 45.8 Å². The Kier molecular flexibility index (Phi) is 5.20. The van der Waals surface area contributed by atoms with Crippen LogP contribution in [0.3, 0.4) is 0 Å². The van der Waals surface area contributed by atoms with E-state index in [4.69, 9.17) is 9.84 Å². The van der Waals surface area contributed by atoms with Gasteiger partial charge in [-0.25, -0.2) is 9.67 Å². The molecule has 158 valence electrons. The Balaban J connectivity index is 1.30. The fraction of sp³-hybridized carbons (Fsp3) is 0.571. The van der Waals surface area contributed by atoms with E-state index in [1.807, 2.05) is 12.1 Å². The van der Waals surface area contributed by atoms with Crippen LogP contribution in [0.5, 0.6) is 0 Å². The van der Waals surface area contributed by atoms with Gasteiger partial charge in [0.2, 0.25) is 0 Å². The van der Waals surface area contributed by atoms with Gasteiger partial charge in [-0.3, -0.25) is 4.79 Å². The molecule has 3 aromatic heterocycles. The van der Waals surface area contributed by atoms with Gasteiger partial charge in [-0.1, -0.05) is 0 Å². The molecular formula is C21H27N7O2. The molecule has 9 heteroatoms. The third-order valence-electron chi connectivity index (χ3n) is 6.22. The molecule has 1 saturated heterocycles. The third kappa shape index (κ3) is 3.69. The maximum absolute atomic E-state index is 12.5. The van der Waals surface area contributed by atoms with Crippen molar-refractivity contribution in [2.45, 2.75) is 51.7 Å². The quantitative estimate of drug-likeness (QED) is 0.632. The van der Waals surface area contributed by atoms with E-state index in [1.54, 1.807) is 16.3 Å². The average Bonchev–Trinajstić information content (AvgIpc) is 3.23. The maximum Gasteiger partial charge on any atom is 0.267 e. The number of piperidine rings is 1. The number of aryl methyl sites for hydroxylation is 2. The van der Waals surface area contributed by atoms with E-state index in [0.29, 0.717) is 24.8 Å². The topological polar surface area (TPSA) is 90.4 Å². The number of rotatable bonds is 5. The first-order valence-corrected chi connectivity index (χ1v) is 10.7. The van der Waals surface area contributed by atoms with Crippen LogP contribution in [0.15, 0.2) is 23.3 Å². The van der Waals surface area contributed by atoms with E-state index in [2.05, 4.69) is 20.0 Å². The lowest BCUT2D eigenvalue weighted by Gasteiger charge is -2.33. The molecule has 0 aromatic carbocycles. The Morgan fingerprint density at radius 3 is 2.83 bits per heavy atom. The standard InChI is InChI=1S/C21H27N7O2/c1-30-13-17-11-19(28-21(24-17)22-14-23-28)26-8-6-15(7-9-26)12-27-20(29)10-16-4-2-3-5-18(16)25-27/h10-11,14-15H,2-9,12-13H2,1H3. The lowest BCUT2D eigenvalue weighted by molar-refractivity contribution is 0.181. The Labute approximate surface area is 174 Å². The number of hydrogen-bond acceptors (Lipinski definition) is 7. The summed E-state index contributed by atoms with van der Waals surface area (Å²) >= 11 is 0. The second kappa shape index (κ2) is 8.14. The number of hydrogen-bond donors (Lipinski definition) is 0. The minimum atomic E-state index is 0.0424. The number of nitrogens with zero attached hydrogens (tertiary/aromatic N) is 7. The highest BCUT2D eigenvalue weighted by Gasteiger charge is 2.24. The first-order valence-electron chi connectivity index (χ1n) is 10.7. The van der Waals surface area contributed by atoms with Crippen molar-refractivity contribution in [1.82, 2.24) is 29.4 Å². The number of methoxy groups -OCH3 is 1. The van der Waals surface area contributed by atoms with Gasteiger partial charge < -0.3 is 9.64 Å². The number of fused-ring (bicyclic) bond motifs is 2. The third-order valence-corrected chi connectivity index (χ3v) is 6.22. The first-order chi connectivity index (χ1) is 14.7. The molecular weight excluding hydrogens is 382 g/mol. The molecule has 0 amide bonds. The first kappa shape index (κ1) is 19.2. The summed E-state index contributed by atoms with van der Waals surface area (Å²) in [6, 6.07) is 3.84. The minimum absolute atomic E-state index is 0.0424. The molecule has 0 radical (unpaired) electrons. The molecule has 30 heavy (non-hydrogen) atoms. The van der Waals surface area contributed by atoms with Crippen LogP contribution >= 0.6 is 0 Å². The number of ether oxygens (including phenoxy) is 1. The van der Waals surface area contributed by atoms with E-state index < -0.39 is 0 Å². The van der Waals surface area contributed by atoms with Gasteiger partial charge in [0.25, 0.3) is 11.3 Å². The van der Waals surface area contributed by atoms with Crippen LogP contribution in [0.1, 0.15) is 42.6 Å². The van der Waals surface area contributed by atoms with Crippen molar-refractivity contribution in [2.24, 2.45) is 5.92 Å². The van der Waals surface area contributed by atoms with E-state index in [-0.39, 0.29) is 5.56 Å². The van der Waals surface area contributed by atoms with E-state index in [1.165, 1.54) is 12.7 Å². The van der Waals surface area contributed by atoms with Crippen LogP contribution < -0.4 is 10.5 Å². The Morgan fingerprint density at radius 1 is 1.17 bits per heavy atom. The summed E-state index contributed by atoms with van der Waals surface area (Å²) in [5.41, 5.74) is 3.16. The van der Waals surface area contributed by atoms with Crippen molar-refractivity contribution in [3.8, 4) is 0 Å². The predicted molar refractivity (Wildman–Crippen MR) is 112 cm³/mol. The summed E-state index contributed by atoms with van der Waals surface area (Å²) in [6.07, 6.45) is 7.86. The van der Waals surface area contributed by atoms with Crippen LogP contribution in [0.2, 0.25) is 0 Å². The second-order valence-corrected chi connectivity index (χ2v) is 8.28. The van der Waals surface area contributed by atoms with Crippen LogP contribution in [-0.2, 0) is 30.7 Å². The smallest absolute Gasteiger partial charge is 0.267 e. The van der Waals surface area contributed by atoms with Crippen molar-refractivity contribution < 1.29 is 4.74 Å². The van der Waals surface area contributed by atoms with E-state index in [9.17, 15) is 4.79 Å². The van der Waals surface area contributed by atoms with Crippen LogP contribution in [0.4, 0.5) is 5.82 Å². The van der Waals surface area contributed by atoms with E-state index >= 15 is 0 Å². The monoisotopic (exact) mass is 409 g/mol. The van der Waals surface area contributed by atoms with Gasteiger partial charge >= 0.3 is 0 Å². The summed E-state index contributed by atoms with van der Waals surface area (Å²) in [4.78, 5) is 23.6. The highest BCUT2D eigenvalue weighted by Crippen LogP contribution is 2.25. The van der Waals surface area contributed by atoms with Crippen LogP contribution in [0.25, 0.3) is 5.78 Å². The molecule has 0 atom stereocenters. The molecule has 9 nitrogen and oxygen atoms in total. The predicted octanol–water partition coefficient (Wildman–Crippen LogP) is 1.62. The second-order valence-electron chi connectivity index (χ2n) is 8.28. The maximum atomic E-state index is 12.5. The molecule has 1 aliphatic carbocycles. The molecule has 2 aliphatic rings. The lowest BCUT2D eigenvalue weighted by Crippen LogP contribution is -2.38. The highest BCUT2D eigenvalue weighted by molar-refractivity contribution is 5.47. The molecule has 0 unspecified atom stereocenters. The van der Waals surface area contributed by atoms with Crippen molar-refractivity contribution in [1.29, 1.82) is 0 Å². The number of aromatic nitrogens is 6.